The van der Waals surface area contributed by atoms with Gasteiger partial charge in [0.15, 0.2) is 5.76 Å². The number of nitro benzene ring substituents is 1. The molecular weight excluding hydrogens is 210 g/mol. The minimum atomic E-state index is -0.492. The SMILES string of the molecule is O=[C]c1occc1-c1cccc([N+](=O)[O-])c1. The summed E-state index contributed by atoms with van der Waals surface area (Å²) in [6.45, 7) is 0. The van der Waals surface area contributed by atoms with Gasteiger partial charge in [-0.25, -0.2) is 0 Å². The molecule has 0 saturated heterocycles. The average molecular weight is 216 g/mol. The van der Waals surface area contributed by atoms with Crippen molar-refractivity contribution < 1.29 is 14.1 Å². The van der Waals surface area contributed by atoms with Gasteiger partial charge in [0.05, 0.1) is 11.2 Å². The van der Waals surface area contributed by atoms with Gasteiger partial charge in [-0.15, -0.1) is 0 Å². The van der Waals surface area contributed by atoms with E-state index in [4.69, 9.17) is 4.42 Å². The van der Waals surface area contributed by atoms with Gasteiger partial charge in [-0.05, 0) is 11.6 Å². The van der Waals surface area contributed by atoms with Gasteiger partial charge in [-0.1, -0.05) is 12.1 Å². The Morgan fingerprint density at radius 3 is 2.81 bits per heavy atom. The average Bonchev–Trinajstić information content (AvgIpc) is 2.77. The van der Waals surface area contributed by atoms with Crippen LogP contribution in [0.4, 0.5) is 5.69 Å². The van der Waals surface area contributed by atoms with Crippen molar-refractivity contribution in [2.24, 2.45) is 0 Å². The number of carbonyl (C=O) groups excluding carboxylic acids is 1. The zero-order chi connectivity index (χ0) is 11.5. The predicted octanol–water partition coefficient (Wildman–Crippen LogP) is 2.31. The van der Waals surface area contributed by atoms with Gasteiger partial charge in [0, 0.05) is 17.7 Å². The molecule has 2 rings (SSSR count). The molecule has 1 aromatic carbocycles. The van der Waals surface area contributed by atoms with Crippen molar-refractivity contribution in [3.63, 3.8) is 0 Å². The first-order valence-corrected chi connectivity index (χ1v) is 4.43. The van der Waals surface area contributed by atoms with Crippen molar-refractivity contribution in [3.8, 4) is 11.1 Å². The summed E-state index contributed by atoms with van der Waals surface area (Å²) in [5, 5.41) is 10.6. The molecule has 0 aliphatic carbocycles. The third-order valence-corrected chi connectivity index (χ3v) is 2.13. The summed E-state index contributed by atoms with van der Waals surface area (Å²) in [4.78, 5) is 20.6. The Hall–Kier alpha value is -2.43. The van der Waals surface area contributed by atoms with Gasteiger partial charge in [0.1, 0.15) is 0 Å². The van der Waals surface area contributed by atoms with E-state index in [9.17, 15) is 14.9 Å². The highest BCUT2D eigenvalue weighted by atomic mass is 16.6. The molecular formula is C11H6NO4. The maximum atomic E-state index is 10.6. The van der Waals surface area contributed by atoms with Gasteiger partial charge in [-0.3, -0.25) is 14.9 Å². The number of hydrogen-bond donors (Lipinski definition) is 0. The molecule has 1 heterocycles. The normalized spacial score (nSPS) is 10.0. The van der Waals surface area contributed by atoms with Crippen LogP contribution in [0.1, 0.15) is 5.76 Å². The highest BCUT2D eigenvalue weighted by Crippen LogP contribution is 2.26. The molecule has 2 aromatic rings. The van der Waals surface area contributed by atoms with E-state index in [0.717, 1.165) is 0 Å². The fourth-order valence-corrected chi connectivity index (χ4v) is 1.40. The Kier molecular flexibility index (Phi) is 2.51. The number of furan rings is 1. The molecule has 0 N–H and O–H groups in total. The van der Waals surface area contributed by atoms with E-state index in [0.29, 0.717) is 11.1 Å². The lowest BCUT2D eigenvalue weighted by Gasteiger charge is -1.97. The molecule has 0 atom stereocenters. The summed E-state index contributed by atoms with van der Waals surface area (Å²) < 4.78 is 4.88. The van der Waals surface area contributed by atoms with Crippen LogP contribution in [0.2, 0.25) is 0 Å². The van der Waals surface area contributed by atoms with E-state index in [1.54, 1.807) is 24.5 Å². The van der Waals surface area contributed by atoms with E-state index in [-0.39, 0.29) is 11.4 Å². The number of rotatable bonds is 3. The van der Waals surface area contributed by atoms with Crippen LogP contribution >= 0.6 is 0 Å². The summed E-state index contributed by atoms with van der Waals surface area (Å²) in [7, 11) is 0. The number of nitrogens with zero attached hydrogens (tertiary/aromatic N) is 1. The molecule has 16 heavy (non-hydrogen) atoms. The molecule has 0 saturated carbocycles. The van der Waals surface area contributed by atoms with Gasteiger partial charge >= 0.3 is 0 Å². The lowest BCUT2D eigenvalue weighted by molar-refractivity contribution is -0.384. The van der Waals surface area contributed by atoms with Crippen molar-refractivity contribution >= 4 is 12.0 Å². The van der Waals surface area contributed by atoms with Crippen LogP contribution in [0.5, 0.6) is 0 Å². The molecule has 0 bridgehead atoms. The summed E-state index contributed by atoms with van der Waals surface area (Å²) in [6, 6.07) is 7.55. The molecule has 1 radical (unpaired) electrons. The van der Waals surface area contributed by atoms with Crippen molar-refractivity contribution in [1.29, 1.82) is 0 Å². The minimum Gasteiger partial charge on any atom is -0.460 e. The number of benzene rings is 1. The van der Waals surface area contributed by atoms with Crippen LogP contribution in [-0.2, 0) is 4.79 Å². The van der Waals surface area contributed by atoms with Crippen LogP contribution in [0.3, 0.4) is 0 Å². The van der Waals surface area contributed by atoms with E-state index in [1.165, 1.54) is 18.4 Å². The third-order valence-electron chi connectivity index (χ3n) is 2.13. The molecule has 0 unspecified atom stereocenters. The van der Waals surface area contributed by atoms with Crippen LogP contribution in [0, 0.1) is 10.1 Å². The van der Waals surface area contributed by atoms with Crippen molar-refractivity contribution in [1.82, 2.24) is 0 Å². The number of nitro groups is 1. The molecule has 5 nitrogen and oxygen atoms in total. The first-order valence-electron chi connectivity index (χ1n) is 4.43. The third kappa shape index (κ3) is 1.70. The van der Waals surface area contributed by atoms with Gasteiger partial charge < -0.3 is 4.42 Å². The smallest absolute Gasteiger partial charge is 0.272 e. The fourth-order valence-electron chi connectivity index (χ4n) is 1.40. The Bertz CT molecular complexity index is 544. The Balaban J connectivity index is 2.52. The summed E-state index contributed by atoms with van der Waals surface area (Å²) in [5.41, 5.74) is 1.02. The second-order valence-corrected chi connectivity index (χ2v) is 3.07. The van der Waals surface area contributed by atoms with Crippen molar-refractivity contribution in [2.45, 2.75) is 0 Å². The van der Waals surface area contributed by atoms with E-state index in [2.05, 4.69) is 0 Å². The second kappa shape index (κ2) is 3.98. The highest BCUT2D eigenvalue weighted by Gasteiger charge is 2.12. The Labute approximate surface area is 90.5 Å². The number of non-ortho nitro benzene ring substituents is 1. The maximum Gasteiger partial charge on any atom is 0.272 e. The van der Waals surface area contributed by atoms with Gasteiger partial charge in [0.25, 0.3) is 12.0 Å². The van der Waals surface area contributed by atoms with Crippen LogP contribution < -0.4 is 0 Å². The quantitative estimate of drug-likeness (QED) is 0.582. The Morgan fingerprint density at radius 2 is 2.12 bits per heavy atom. The first kappa shape index (κ1) is 10.1. The maximum absolute atomic E-state index is 10.6. The standard InChI is InChI=1S/C11H6NO4/c13-7-11-10(4-5-16-11)8-2-1-3-9(6-8)12(14)15/h1-6H. The Morgan fingerprint density at radius 1 is 1.31 bits per heavy atom. The first-order chi connectivity index (χ1) is 7.72. The topological polar surface area (TPSA) is 73.3 Å². The molecule has 0 aliphatic rings. The molecule has 79 valence electrons. The molecule has 0 aliphatic heterocycles. The van der Waals surface area contributed by atoms with Crippen molar-refractivity contribution in [2.75, 3.05) is 0 Å². The van der Waals surface area contributed by atoms with E-state index < -0.39 is 4.92 Å². The van der Waals surface area contributed by atoms with Crippen molar-refractivity contribution in [3.05, 3.63) is 52.5 Å². The van der Waals surface area contributed by atoms with E-state index in [1.807, 2.05) is 0 Å². The zero-order valence-corrected chi connectivity index (χ0v) is 8.04. The monoisotopic (exact) mass is 216 g/mol. The van der Waals surface area contributed by atoms with Crippen LogP contribution in [0.25, 0.3) is 11.1 Å². The predicted molar refractivity (Wildman–Crippen MR) is 55.6 cm³/mol. The molecule has 0 fully saturated rings. The van der Waals surface area contributed by atoms with Gasteiger partial charge in [0.2, 0.25) is 0 Å². The summed E-state index contributed by atoms with van der Waals surface area (Å²) >= 11 is 0. The van der Waals surface area contributed by atoms with Crippen LogP contribution in [-0.4, -0.2) is 11.2 Å². The van der Waals surface area contributed by atoms with Crippen LogP contribution in [0.15, 0.2) is 41.0 Å². The minimum absolute atomic E-state index is 0.0319. The summed E-state index contributed by atoms with van der Waals surface area (Å²) in [6.07, 6.45) is 2.98. The molecule has 1 aromatic heterocycles. The lowest BCUT2D eigenvalue weighted by atomic mass is 10.1. The van der Waals surface area contributed by atoms with E-state index >= 15 is 0 Å². The fraction of sp³-hybridized carbons (Fsp3) is 0. The molecule has 0 spiro atoms. The molecule has 5 heteroatoms. The lowest BCUT2D eigenvalue weighted by Crippen LogP contribution is -1.88. The number of hydrogen-bond acceptors (Lipinski definition) is 4. The molecule has 0 amide bonds. The summed E-state index contributed by atoms with van der Waals surface area (Å²) in [5.74, 6) is 0.0421. The highest BCUT2D eigenvalue weighted by molar-refractivity contribution is 5.84. The second-order valence-electron chi connectivity index (χ2n) is 3.07. The largest absolute Gasteiger partial charge is 0.460 e. The van der Waals surface area contributed by atoms with Gasteiger partial charge in [-0.2, -0.15) is 0 Å². The zero-order valence-electron chi connectivity index (χ0n) is 8.04.